The molecule has 4 rings (SSSR count). The van der Waals surface area contributed by atoms with Crippen LogP contribution in [-0.2, 0) is 9.53 Å². The lowest BCUT2D eigenvalue weighted by Gasteiger charge is -2.29. The van der Waals surface area contributed by atoms with E-state index in [1.165, 1.54) is 0 Å². The number of nitrogens with zero attached hydrogens (tertiary/aromatic N) is 3. The number of amides is 1. The Morgan fingerprint density at radius 2 is 2.07 bits per heavy atom. The minimum Gasteiger partial charge on any atom is -0.375 e. The van der Waals surface area contributed by atoms with Crippen LogP contribution in [0.25, 0.3) is 17.0 Å². The Hall–Kier alpha value is -2.19. The molecule has 3 heterocycles. The topological polar surface area (TPSA) is 80.5 Å². The molecule has 0 radical (unpaired) electrons. The zero-order valence-corrected chi connectivity index (χ0v) is 16.3. The summed E-state index contributed by atoms with van der Waals surface area (Å²) in [7, 11) is 0. The zero-order valence-electron chi connectivity index (χ0n) is 14.7. The molecule has 1 amide bonds. The van der Waals surface area contributed by atoms with Crippen LogP contribution in [0, 0.1) is 0 Å². The molecule has 0 aliphatic carbocycles. The van der Waals surface area contributed by atoms with Gasteiger partial charge in [-0.15, -0.1) is 24.8 Å². The zero-order chi connectivity index (χ0) is 17.2. The fourth-order valence-corrected chi connectivity index (χ4v) is 2.94. The molecule has 0 unspecified atom stereocenters. The first-order valence-electron chi connectivity index (χ1n) is 8.27. The van der Waals surface area contributed by atoms with E-state index in [4.69, 9.17) is 4.74 Å². The third kappa shape index (κ3) is 4.56. The average molecular weight is 410 g/mol. The molecule has 2 atom stereocenters. The molecule has 7 nitrogen and oxygen atoms in total. The predicted octanol–water partition coefficient (Wildman–Crippen LogP) is 2.56. The smallest absolute Gasteiger partial charge is 0.244 e. The fraction of sp³-hybridized carbons (Fsp3) is 0.278. The van der Waals surface area contributed by atoms with Gasteiger partial charge in [0.15, 0.2) is 0 Å². The molecule has 2 aromatic heterocycles. The maximum absolute atomic E-state index is 12.4. The summed E-state index contributed by atoms with van der Waals surface area (Å²) >= 11 is 0. The van der Waals surface area contributed by atoms with Gasteiger partial charge in [-0.1, -0.05) is 12.1 Å². The van der Waals surface area contributed by atoms with Gasteiger partial charge in [0.2, 0.25) is 11.7 Å². The summed E-state index contributed by atoms with van der Waals surface area (Å²) in [4.78, 5) is 21.1. The minimum atomic E-state index is -0.335. The number of anilines is 1. The molecule has 2 N–H and O–H groups in total. The van der Waals surface area contributed by atoms with Gasteiger partial charge in [-0.3, -0.25) is 9.20 Å². The number of benzene rings is 1. The summed E-state index contributed by atoms with van der Waals surface area (Å²) in [6.45, 7) is 3.22. The number of morpholine rings is 1. The number of rotatable bonds is 3. The molecule has 1 aromatic carbocycles. The average Bonchev–Trinajstić information content (AvgIpc) is 3.07. The molecule has 3 aromatic rings. The van der Waals surface area contributed by atoms with Gasteiger partial charge >= 0.3 is 0 Å². The van der Waals surface area contributed by atoms with Crippen LogP contribution in [0.15, 0.2) is 48.9 Å². The third-order valence-electron chi connectivity index (χ3n) is 4.28. The number of carbonyl (C=O) groups excluding carboxylic acids is 1. The fourth-order valence-electron chi connectivity index (χ4n) is 2.94. The number of hydrogen-bond donors (Lipinski definition) is 2. The van der Waals surface area contributed by atoms with Crippen LogP contribution < -0.4 is 10.6 Å². The van der Waals surface area contributed by atoms with Gasteiger partial charge < -0.3 is 15.4 Å². The number of imidazole rings is 1. The standard InChI is InChI=1S/C18H19N5O2.2ClH/c1-12-16(19-8-10-25-12)17(24)21-14-5-3-13(4-6-14)15-11-23-9-2-7-20-18(23)22-15;;/h2-7,9,11-12,16,19H,8,10H2,1H3,(H,21,24);2*1H/t12-,16+;;/m1../s1. The number of ether oxygens (including phenoxy) is 1. The number of aromatic nitrogens is 3. The van der Waals surface area contributed by atoms with Crippen molar-refractivity contribution in [1.29, 1.82) is 0 Å². The number of carbonyl (C=O) groups is 1. The van der Waals surface area contributed by atoms with Crippen LogP contribution in [0.1, 0.15) is 6.92 Å². The second-order valence-electron chi connectivity index (χ2n) is 6.03. The van der Waals surface area contributed by atoms with Crippen molar-refractivity contribution in [2.75, 3.05) is 18.5 Å². The van der Waals surface area contributed by atoms with Gasteiger partial charge in [-0.2, -0.15) is 0 Å². The monoisotopic (exact) mass is 409 g/mol. The molecule has 144 valence electrons. The van der Waals surface area contributed by atoms with Crippen molar-refractivity contribution in [3.63, 3.8) is 0 Å². The lowest BCUT2D eigenvalue weighted by molar-refractivity contribution is -0.123. The van der Waals surface area contributed by atoms with Gasteiger partial charge in [-0.05, 0) is 25.1 Å². The largest absolute Gasteiger partial charge is 0.375 e. The first-order valence-corrected chi connectivity index (χ1v) is 8.27. The lowest BCUT2D eigenvalue weighted by atomic mass is 10.1. The number of halogens is 2. The molecule has 1 aliphatic rings. The first-order chi connectivity index (χ1) is 12.2. The van der Waals surface area contributed by atoms with Crippen molar-refractivity contribution < 1.29 is 9.53 Å². The normalized spacial score (nSPS) is 19.0. The van der Waals surface area contributed by atoms with Crippen LogP contribution in [0.2, 0.25) is 0 Å². The summed E-state index contributed by atoms with van der Waals surface area (Å²) in [5.41, 5.74) is 2.55. The molecule has 0 spiro atoms. The molecule has 0 saturated carbocycles. The van der Waals surface area contributed by atoms with Crippen molar-refractivity contribution in [3.05, 3.63) is 48.9 Å². The van der Waals surface area contributed by atoms with Gasteiger partial charge in [-0.25, -0.2) is 9.97 Å². The van der Waals surface area contributed by atoms with Crippen molar-refractivity contribution in [2.24, 2.45) is 0 Å². The molecular formula is C18H21Cl2N5O2. The summed E-state index contributed by atoms with van der Waals surface area (Å²) in [6, 6.07) is 9.15. The van der Waals surface area contributed by atoms with E-state index in [1.54, 1.807) is 6.20 Å². The van der Waals surface area contributed by atoms with E-state index in [2.05, 4.69) is 20.6 Å². The maximum atomic E-state index is 12.4. The number of nitrogens with one attached hydrogen (secondary N) is 2. The summed E-state index contributed by atoms with van der Waals surface area (Å²) in [5, 5.41) is 6.11. The molecule has 1 saturated heterocycles. The van der Waals surface area contributed by atoms with Crippen LogP contribution in [0.4, 0.5) is 5.69 Å². The van der Waals surface area contributed by atoms with E-state index in [9.17, 15) is 4.79 Å². The molecular weight excluding hydrogens is 389 g/mol. The van der Waals surface area contributed by atoms with Crippen molar-refractivity contribution in [1.82, 2.24) is 19.7 Å². The van der Waals surface area contributed by atoms with Crippen LogP contribution in [-0.4, -0.2) is 45.6 Å². The highest BCUT2D eigenvalue weighted by Gasteiger charge is 2.28. The SMILES string of the molecule is C[C@H]1OCCN[C@@H]1C(=O)Nc1ccc(-c2cn3cccnc3n2)cc1.Cl.Cl. The van der Waals surface area contributed by atoms with Crippen molar-refractivity contribution in [2.45, 2.75) is 19.1 Å². The highest BCUT2D eigenvalue weighted by atomic mass is 35.5. The molecule has 9 heteroatoms. The van der Waals surface area contributed by atoms with E-state index in [1.807, 2.05) is 54.0 Å². The Bertz CT molecular complexity index is 867. The summed E-state index contributed by atoms with van der Waals surface area (Å²) < 4.78 is 7.39. The lowest BCUT2D eigenvalue weighted by Crippen LogP contribution is -2.53. The third-order valence-corrected chi connectivity index (χ3v) is 4.28. The molecule has 1 aliphatic heterocycles. The molecule has 27 heavy (non-hydrogen) atoms. The van der Waals surface area contributed by atoms with Gasteiger partial charge in [0.1, 0.15) is 6.04 Å². The van der Waals surface area contributed by atoms with Crippen molar-refractivity contribution in [3.8, 4) is 11.3 Å². The highest BCUT2D eigenvalue weighted by Crippen LogP contribution is 2.21. The van der Waals surface area contributed by atoms with E-state index >= 15 is 0 Å². The second kappa shape index (κ2) is 9.14. The van der Waals surface area contributed by atoms with Gasteiger partial charge in [0.05, 0.1) is 18.4 Å². The van der Waals surface area contributed by atoms with Crippen LogP contribution >= 0.6 is 24.8 Å². The Balaban J connectivity index is 0.00000131. The van der Waals surface area contributed by atoms with E-state index < -0.39 is 0 Å². The molecule has 1 fully saturated rings. The Morgan fingerprint density at radius 3 is 2.78 bits per heavy atom. The van der Waals surface area contributed by atoms with E-state index in [0.29, 0.717) is 18.9 Å². The summed E-state index contributed by atoms with van der Waals surface area (Å²) in [5.74, 6) is 0.573. The Morgan fingerprint density at radius 1 is 1.30 bits per heavy atom. The quantitative estimate of drug-likeness (QED) is 0.694. The number of hydrogen-bond acceptors (Lipinski definition) is 5. The second-order valence-corrected chi connectivity index (χ2v) is 6.03. The van der Waals surface area contributed by atoms with Crippen LogP contribution in [0.3, 0.4) is 0 Å². The highest BCUT2D eigenvalue weighted by molar-refractivity contribution is 5.95. The molecule has 0 bridgehead atoms. The maximum Gasteiger partial charge on any atom is 0.244 e. The van der Waals surface area contributed by atoms with E-state index in [-0.39, 0.29) is 42.9 Å². The minimum absolute atomic E-state index is 0. The van der Waals surface area contributed by atoms with Gasteiger partial charge in [0.25, 0.3) is 0 Å². The van der Waals surface area contributed by atoms with E-state index in [0.717, 1.165) is 16.9 Å². The van der Waals surface area contributed by atoms with Crippen LogP contribution in [0.5, 0.6) is 0 Å². The van der Waals surface area contributed by atoms with Gasteiger partial charge in [0, 0.05) is 36.4 Å². The first kappa shape index (κ1) is 21.1. The van der Waals surface area contributed by atoms with Crippen molar-refractivity contribution >= 4 is 42.2 Å². The predicted molar refractivity (Wildman–Crippen MR) is 109 cm³/mol. The Kier molecular flexibility index (Phi) is 7.15. The Labute approximate surface area is 169 Å². The number of fused-ring (bicyclic) bond motifs is 1. The summed E-state index contributed by atoms with van der Waals surface area (Å²) in [6.07, 6.45) is 5.42.